The molecule has 17 heavy (non-hydrogen) atoms. The van der Waals surface area contributed by atoms with E-state index in [4.69, 9.17) is 4.74 Å². The topological polar surface area (TPSA) is 21.3 Å². The van der Waals surface area contributed by atoms with Gasteiger partial charge in [-0.2, -0.15) is 11.8 Å². The van der Waals surface area contributed by atoms with E-state index in [9.17, 15) is 0 Å². The lowest BCUT2D eigenvalue weighted by Gasteiger charge is -2.21. The zero-order chi connectivity index (χ0) is 12.4. The average Bonchev–Trinajstić information content (AvgIpc) is 2.50. The summed E-state index contributed by atoms with van der Waals surface area (Å²) in [6.07, 6.45) is 1.15. The molecule has 0 fully saturated rings. The van der Waals surface area contributed by atoms with Crippen LogP contribution in [0.2, 0.25) is 0 Å². The Labute approximate surface area is 116 Å². The van der Waals surface area contributed by atoms with Crippen LogP contribution in [-0.4, -0.2) is 19.4 Å². The SMILES string of the molecule is CNC1CC(C)SCc2c(OC)ccc(Br)c21. The fraction of sp³-hybridized carbons (Fsp3) is 0.538. The van der Waals surface area contributed by atoms with E-state index in [0.717, 1.165) is 17.9 Å². The molecule has 0 saturated carbocycles. The molecule has 1 heterocycles. The van der Waals surface area contributed by atoms with Crippen LogP contribution in [0.15, 0.2) is 16.6 Å². The van der Waals surface area contributed by atoms with Gasteiger partial charge < -0.3 is 10.1 Å². The molecular weight excluding hydrogens is 298 g/mol. The lowest BCUT2D eigenvalue weighted by molar-refractivity contribution is 0.409. The number of rotatable bonds is 2. The zero-order valence-corrected chi connectivity index (χ0v) is 12.8. The Morgan fingerprint density at radius 1 is 1.47 bits per heavy atom. The molecular formula is C13H18BrNOS. The number of hydrogen-bond acceptors (Lipinski definition) is 3. The normalized spacial score (nSPS) is 24.0. The minimum atomic E-state index is 0.402. The van der Waals surface area contributed by atoms with Crippen molar-refractivity contribution in [2.45, 2.75) is 30.4 Å². The number of fused-ring (bicyclic) bond motifs is 1. The summed E-state index contributed by atoms with van der Waals surface area (Å²) in [4.78, 5) is 0. The van der Waals surface area contributed by atoms with E-state index in [-0.39, 0.29) is 0 Å². The van der Waals surface area contributed by atoms with Crippen molar-refractivity contribution in [2.24, 2.45) is 0 Å². The van der Waals surface area contributed by atoms with Crippen LogP contribution < -0.4 is 10.1 Å². The van der Waals surface area contributed by atoms with Crippen molar-refractivity contribution in [3.8, 4) is 5.75 Å². The van der Waals surface area contributed by atoms with Crippen LogP contribution in [0.3, 0.4) is 0 Å². The predicted octanol–water partition coefficient (Wildman–Crippen LogP) is 3.74. The van der Waals surface area contributed by atoms with Gasteiger partial charge in [-0.25, -0.2) is 0 Å². The molecule has 2 rings (SSSR count). The maximum Gasteiger partial charge on any atom is 0.123 e. The maximum atomic E-state index is 5.49. The Bertz CT molecular complexity index is 411. The lowest BCUT2D eigenvalue weighted by atomic mass is 9.97. The molecule has 0 aliphatic carbocycles. The van der Waals surface area contributed by atoms with Crippen LogP contribution in [0.4, 0.5) is 0 Å². The Morgan fingerprint density at radius 2 is 2.24 bits per heavy atom. The van der Waals surface area contributed by atoms with Gasteiger partial charge in [0.25, 0.3) is 0 Å². The summed E-state index contributed by atoms with van der Waals surface area (Å²) in [5, 5.41) is 4.09. The summed E-state index contributed by atoms with van der Waals surface area (Å²) in [5.74, 6) is 2.03. The third-order valence-corrected chi connectivity index (χ3v) is 5.17. The first-order valence-corrected chi connectivity index (χ1v) is 7.65. The maximum absolute atomic E-state index is 5.49. The van der Waals surface area contributed by atoms with Gasteiger partial charge in [0.15, 0.2) is 0 Å². The number of thioether (sulfide) groups is 1. The molecule has 1 N–H and O–H groups in total. The largest absolute Gasteiger partial charge is 0.496 e. The summed E-state index contributed by atoms with van der Waals surface area (Å²) in [6, 6.07) is 4.54. The van der Waals surface area contributed by atoms with Crippen molar-refractivity contribution >= 4 is 27.7 Å². The number of halogens is 1. The van der Waals surface area contributed by atoms with Gasteiger partial charge in [-0.1, -0.05) is 22.9 Å². The van der Waals surface area contributed by atoms with Gasteiger partial charge in [0.2, 0.25) is 0 Å². The van der Waals surface area contributed by atoms with Crippen LogP contribution in [0.25, 0.3) is 0 Å². The highest BCUT2D eigenvalue weighted by atomic mass is 79.9. The Morgan fingerprint density at radius 3 is 2.88 bits per heavy atom. The summed E-state index contributed by atoms with van der Waals surface area (Å²) in [5.41, 5.74) is 2.69. The number of hydrogen-bond donors (Lipinski definition) is 1. The van der Waals surface area contributed by atoms with E-state index in [2.05, 4.69) is 34.2 Å². The smallest absolute Gasteiger partial charge is 0.123 e. The van der Waals surface area contributed by atoms with Gasteiger partial charge in [0, 0.05) is 27.1 Å². The van der Waals surface area contributed by atoms with Crippen LogP contribution in [0.1, 0.15) is 30.5 Å². The molecule has 0 bridgehead atoms. The summed E-state index contributed by atoms with van der Waals surface area (Å²) < 4.78 is 6.67. The Kier molecular flexibility index (Phi) is 4.39. The molecule has 1 aliphatic rings. The van der Waals surface area contributed by atoms with Crippen molar-refractivity contribution in [3.05, 3.63) is 27.7 Å². The van der Waals surface area contributed by atoms with E-state index >= 15 is 0 Å². The fourth-order valence-corrected chi connectivity index (χ4v) is 4.06. The van der Waals surface area contributed by atoms with E-state index in [1.54, 1.807) is 7.11 Å². The molecule has 1 aromatic carbocycles. The third-order valence-electron chi connectivity index (χ3n) is 3.26. The quantitative estimate of drug-likeness (QED) is 0.898. The second-order valence-corrected chi connectivity index (χ2v) is 6.62. The highest BCUT2D eigenvalue weighted by molar-refractivity contribution is 9.10. The molecule has 1 aliphatic heterocycles. The van der Waals surface area contributed by atoms with E-state index in [1.807, 2.05) is 24.9 Å². The third kappa shape index (κ3) is 2.64. The molecule has 0 aromatic heterocycles. The van der Waals surface area contributed by atoms with Crippen molar-refractivity contribution in [1.29, 1.82) is 0 Å². The zero-order valence-electron chi connectivity index (χ0n) is 10.4. The van der Waals surface area contributed by atoms with Gasteiger partial charge in [0.05, 0.1) is 7.11 Å². The predicted molar refractivity (Wildman–Crippen MR) is 77.9 cm³/mol. The number of nitrogens with one attached hydrogen (secondary N) is 1. The minimum absolute atomic E-state index is 0.402. The highest BCUT2D eigenvalue weighted by Gasteiger charge is 2.25. The molecule has 2 unspecified atom stereocenters. The lowest BCUT2D eigenvalue weighted by Crippen LogP contribution is -2.20. The molecule has 94 valence electrons. The molecule has 0 amide bonds. The van der Waals surface area contributed by atoms with Crippen LogP contribution in [0, 0.1) is 0 Å². The first-order valence-electron chi connectivity index (χ1n) is 5.81. The molecule has 0 radical (unpaired) electrons. The van der Waals surface area contributed by atoms with Gasteiger partial charge in [0.1, 0.15) is 5.75 Å². The molecule has 0 spiro atoms. The average molecular weight is 316 g/mol. The van der Waals surface area contributed by atoms with E-state index in [1.165, 1.54) is 15.6 Å². The van der Waals surface area contributed by atoms with Gasteiger partial charge >= 0.3 is 0 Å². The second-order valence-electron chi connectivity index (χ2n) is 4.34. The first kappa shape index (κ1) is 13.2. The monoisotopic (exact) mass is 315 g/mol. The minimum Gasteiger partial charge on any atom is -0.496 e. The second kappa shape index (κ2) is 5.63. The Balaban J connectivity index is 2.53. The van der Waals surface area contributed by atoms with Crippen molar-refractivity contribution in [2.75, 3.05) is 14.2 Å². The molecule has 2 nitrogen and oxygen atoms in total. The number of methoxy groups -OCH3 is 1. The van der Waals surface area contributed by atoms with Gasteiger partial charge in [-0.15, -0.1) is 0 Å². The number of ether oxygens (including phenoxy) is 1. The molecule has 2 atom stereocenters. The van der Waals surface area contributed by atoms with E-state index < -0.39 is 0 Å². The van der Waals surface area contributed by atoms with Crippen LogP contribution in [0.5, 0.6) is 5.75 Å². The van der Waals surface area contributed by atoms with E-state index in [0.29, 0.717) is 11.3 Å². The standard InChI is InChI=1S/C13H18BrNOS/c1-8-6-11(15-2)13-9(7-17-8)12(16-3)5-4-10(13)14/h4-5,8,11,15H,6-7H2,1-3H3. The fourth-order valence-electron chi connectivity index (χ4n) is 2.34. The van der Waals surface area contributed by atoms with Crippen LogP contribution in [-0.2, 0) is 5.75 Å². The summed E-state index contributed by atoms with van der Waals surface area (Å²) in [6.45, 7) is 2.29. The van der Waals surface area contributed by atoms with Crippen LogP contribution >= 0.6 is 27.7 Å². The van der Waals surface area contributed by atoms with Gasteiger partial charge in [-0.3, -0.25) is 0 Å². The molecule has 0 saturated heterocycles. The Hall–Kier alpha value is -0.190. The van der Waals surface area contributed by atoms with Crippen molar-refractivity contribution < 1.29 is 4.74 Å². The summed E-state index contributed by atoms with van der Waals surface area (Å²) >= 11 is 5.67. The molecule has 1 aromatic rings. The highest BCUT2D eigenvalue weighted by Crippen LogP contribution is 2.42. The number of benzene rings is 1. The van der Waals surface area contributed by atoms with Crippen molar-refractivity contribution in [1.82, 2.24) is 5.32 Å². The molecule has 4 heteroatoms. The van der Waals surface area contributed by atoms with Gasteiger partial charge in [-0.05, 0) is 31.2 Å². The first-order chi connectivity index (χ1) is 8.17. The van der Waals surface area contributed by atoms with Crippen molar-refractivity contribution in [3.63, 3.8) is 0 Å². The summed E-state index contributed by atoms with van der Waals surface area (Å²) in [7, 11) is 3.78.